The van der Waals surface area contributed by atoms with Crippen molar-refractivity contribution in [1.82, 2.24) is 10.3 Å². The second-order valence-electron chi connectivity index (χ2n) is 6.59. The Morgan fingerprint density at radius 3 is 2.74 bits per heavy atom. The second-order valence-corrected chi connectivity index (χ2v) is 7.53. The first-order chi connectivity index (χ1) is 9.00. The maximum absolute atomic E-state index is 9.42. The third-order valence-corrected chi connectivity index (χ3v) is 4.83. The van der Waals surface area contributed by atoms with Gasteiger partial charge in [-0.2, -0.15) is 0 Å². The first-order valence-corrected chi connectivity index (χ1v) is 8.18. The van der Waals surface area contributed by atoms with Crippen molar-refractivity contribution in [3.8, 4) is 0 Å². The molecular formula is C15H26N2OS. The number of hydrogen-bond donors (Lipinski definition) is 2. The van der Waals surface area contributed by atoms with Crippen molar-refractivity contribution in [1.29, 1.82) is 0 Å². The molecule has 0 aliphatic heterocycles. The highest BCUT2D eigenvalue weighted by Crippen LogP contribution is 2.26. The lowest BCUT2D eigenvalue weighted by Crippen LogP contribution is -2.39. The highest BCUT2D eigenvalue weighted by molar-refractivity contribution is 7.09. The van der Waals surface area contributed by atoms with Gasteiger partial charge in [0.1, 0.15) is 5.01 Å². The Bertz CT molecular complexity index is 397. The van der Waals surface area contributed by atoms with Crippen LogP contribution >= 0.6 is 11.3 Å². The van der Waals surface area contributed by atoms with Gasteiger partial charge in [0, 0.05) is 30.0 Å². The first kappa shape index (κ1) is 14.9. The average Bonchev–Trinajstić information content (AvgIpc) is 2.85. The summed E-state index contributed by atoms with van der Waals surface area (Å²) in [6.07, 6.45) is 4.87. The van der Waals surface area contributed by atoms with Crippen LogP contribution in [0.2, 0.25) is 0 Å². The highest BCUT2D eigenvalue weighted by atomic mass is 32.1. The van der Waals surface area contributed by atoms with E-state index in [1.807, 2.05) is 0 Å². The Kier molecular flexibility index (Phi) is 4.98. The van der Waals surface area contributed by atoms with Crippen LogP contribution in [0.4, 0.5) is 0 Å². The summed E-state index contributed by atoms with van der Waals surface area (Å²) in [5.41, 5.74) is 1.31. The SMILES string of the molecule is CC(C)(C)c1csc(CNC2CCCCC2CO)n1. The minimum atomic E-state index is 0.132. The molecular weight excluding hydrogens is 256 g/mol. The number of nitrogens with one attached hydrogen (secondary N) is 1. The Morgan fingerprint density at radius 1 is 1.37 bits per heavy atom. The van der Waals surface area contributed by atoms with Gasteiger partial charge in [0.05, 0.1) is 5.69 Å². The molecule has 0 aromatic carbocycles. The van der Waals surface area contributed by atoms with E-state index in [2.05, 4.69) is 31.5 Å². The molecule has 1 fully saturated rings. The normalized spacial score (nSPS) is 24.6. The van der Waals surface area contributed by atoms with Gasteiger partial charge in [0.25, 0.3) is 0 Å². The summed E-state index contributed by atoms with van der Waals surface area (Å²) in [7, 11) is 0. The topological polar surface area (TPSA) is 45.1 Å². The van der Waals surface area contributed by atoms with Crippen LogP contribution in [0.1, 0.15) is 57.2 Å². The molecule has 0 saturated heterocycles. The number of thiazole rings is 1. The molecule has 1 aromatic rings. The number of nitrogens with zero attached hydrogens (tertiary/aromatic N) is 1. The number of aliphatic hydroxyl groups is 1. The van der Waals surface area contributed by atoms with Gasteiger partial charge in [-0.15, -0.1) is 11.3 Å². The molecule has 2 unspecified atom stereocenters. The molecule has 1 aromatic heterocycles. The van der Waals surface area contributed by atoms with E-state index in [1.54, 1.807) is 11.3 Å². The van der Waals surface area contributed by atoms with E-state index in [-0.39, 0.29) is 5.41 Å². The molecule has 2 N–H and O–H groups in total. The fraction of sp³-hybridized carbons (Fsp3) is 0.800. The summed E-state index contributed by atoms with van der Waals surface area (Å²) >= 11 is 1.74. The van der Waals surface area contributed by atoms with Crippen LogP contribution in [0.25, 0.3) is 0 Å². The van der Waals surface area contributed by atoms with Crippen molar-refractivity contribution in [3.05, 3.63) is 16.1 Å². The van der Waals surface area contributed by atoms with Crippen molar-refractivity contribution in [2.75, 3.05) is 6.61 Å². The number of hydrogen-bond acceptors (Lipinski definition) is 4. The molecule has 0 spiro atoms. The maximum Gasteiger partial charge on any atom is 0.107 e. The molecule has 1 aliphatic carbocycles. The summed E-state index contributed by atoms with van der Waals surface area (Å²) in [6, 6.07) is 0.459. The molecule has 1 heterocycles. The Balaban J connectivity index is 1.89. The van der Waals surface area contributed by atoms with E-state index in [0.717, 1.165) is 18.0 Å². The second kappa shape index (κ2) is 6.33. The molecule has 0 radical (unpaired) electrons. The molecule has 19 heavy (non-hydrogen) atoms. The predicted molar refractivity (Wildman–Crippen MR) is 80.5 cm³/mol. The zero-order valence-corrected chi connectivity index (χ0v) is 13.1. The minimum Gasteiger partial charge on any atom is -0.396 e. The number of aliphatic hydroxyl groups excluding tert-OH is 1. The number of rotatable bonds is 4. The Labute approximate surface area is 120 Å². The minimum absolute atomic E-state index is 0.132. The van der Waals surface area contributed by atoms with Crippen LogP contribution in [-0.4, -0.2) is 22.7 Å². The largest absolute Gasteiger partial charge is 0.396 e. The van der Waals surface area contributed by atoms with Crippen molar-refractivity contribution in [2.45, 2.75) is 64.5 Å². The molecule has 108 valence electrons. The maximum atomic E-state index is 9.42. The molecule has 2 rings (SSSR count). The third-order valence-electron chi connectivity index (χ3n) is 3.98. The van der Waals surface area contributed by atoms with Gasteiger partial charge in [0.2, 0.25) is 0 Å². The monoisotopic (exact) mass is 282 g/mol. The number of aromatic nitrogens is 1. The fourth-order valence-corrected chi connectivity index (χ4v) is 3.62. The van der Waals surface area contributed by atoms with Gasteiger partial charge in [-0.05, 0) is 18.8 Å². The van der Waals surface area contributed by atoms with E-state index < -0.39 is 0 Å². The van der Waals surface area contributed by atoms with Crippen LogP contribution < -0.4 is 5.32 Å². The predicted octanol–water partition coefficient (Wildman–Crippen LogP) is 3.08. The average molecular weight is 282 g/mol. The van der Waals surface area contributed by atoms with Gasteiger partial charge in [-0.25, -0.2) is 4.98 Å². The zero-order valence-electron chi connectivity index (χ0n) is 12.3. The summed E-state index contributed by atoms with van der Waals surface area (Å²) in [5, 5.41) is 16.3. The lowest BCUT2D eigenvalue weighted by Gasteiger charge is -2.30. The lowest BCUT2D eigenvalue weighted by atomic mass is 9.85. The molecule has 2 atom stereocenters. The van der Waals surface area contributed by atoms with Gasteiger partial charge in [-0.3, -0.25) is 0 Å². The lowest BCUT2D eigenvalue weighted by molar-refractivity contribution is 0.152. The van der Waals surface area contributed by atoms with Crippen LogP contribution in [0.15, 0.2) is 5.38 Å². The van der Waals surface area contributed by atoms with Gasteiger partial charge in [-0.1, -0.05) is 33.6 Å². The van der Waals surface area contributed by atoms with Crippen molar-refractivity contribution in [3.63, 3.8) is 0 Å². The smallest absolute Gasteiger partial charge is 0.107 e. The van der Waals surface area contributed by atoms with Crippen LogP contribution in [-0.2, 0) is 12.0 Å². The van der Waals surface area contributed by atoms with Crippen molar-refractivity contribution in [2.24, 2.45) is 5.92 Å². The van der Waals surface area contributed by atoms with E-state index in [1.165, 1.54) is 25.0 Å². The van der Waals surface area contributed by atoms with E-state index >= 15 is 0 Å². The summed E-state index contributed by atoms with van der Waals surface area (Å²) in [4.78, 5) is 4.71. The summed E-state index contributed by atoms with van der Waals surface area (Å²) in [6.45, 7) is 7.73. The van der Waals surface area contributed by atoms with E-state index in [4.69, 9.17) is 4.98 Å². The summed E-state index contributed by atoms with van der Waals surface area (Å²) < 4.78 is 0. The van der Waals surface area contributed by atoms with Gasteiger partial charge >= 0.3 is 0 Å². The molecule has 0 amide bonds. The van der Waals surface area contributed by atoms with Gasteiger partial charge < -0.3 is 10.4 Å². The molecule has 4 heteroatoms. The summed E-state index contributed by atoms with van der Waals surface area (Å²) in [5.74, 6) is 0.427. The van der Waals surface area contributed by atoms with Crippen molar-refractivity contribution >= 4 is 11.3 Å². The van der Waals surface area contributed by atoms with Crippen LogP contribution in [0.5, 0.6) is 0 Å². The van der Waals surface area contributed by atoms with E-state index in [9.17, 15) is 5.11 Å². The van der Waals surface area contributed by atoms with E-state index in [0.29, 0.717) is 18.6 Å². The van der Waals surface area contributed by atoms with Crippen molar-refractivity contribution < 1.29 is 5.11 Å². The van der Waals surface area contributed by atoms with Gasteiger partial charge in [0.15, 0.2) is 0 Å². The first-order valence-electron chi connectivity index (χ1n) is 7.30. The third kappa shape index (κ3) is 4.01. The van der Waals surface area contributed by atoms with Crippen LogP contribution in [0.3, 0.4) is 0 Å². The van der Waals surface area contributed by atoms with Crippen LogP contribution in [0, 0.1) is 5.92 Å². The highest BCUT2D eigenvalue weighted by Gasteiger charge is 2.24. The zero-order chi connectivity index (χ0) is 13.9. The molecule has 0 bridgehead atoms. The standard InChI is InChI=1S/C15H26N2OS/c1-15(2,3)13-10-19-14(17-13)8-16-12-7-5-4-6-11(12)9-18/h10-12,16,18H,4-9H2,1-3H3. The Hall–Kier alpha value is -0.450. The molecule has 1 aliphatic rings. The Morgan fingerprint density at radius 2 is 2.11 bits per heavy atom. The molecule has 1 saturated carbocycles. The molecule has 3 nitrogen and oxygen atoms in total. The quantitative estimate of drug-likeness (QED) is 0.892. The fourth-order valence-electron chi connectivity index (χ4n) is 2.65.